The number of hydrogen-bond acceptors (Lipinski definition) is 5. The van der Waals surface area contributed by atoms with E-state index in [0.717, 1.165) is 53.9 Å². The van der Waals surface area contributed by atoms with E-state index in [9.17, 15) is 9.59 Å². The standard InChI is InChI=1S/C29H36ClN5O3/c1-29(2,3)38-28(37)35-16-7-6-11-25(35)27(36)34-15-8-14-33(17-18-34)20-12-13-22(30)21(19-20)26-31-23-9-4-5-10-24(23)32-26/h4-5,9-10,12-13,19,25H,6-8,11,14-18H2,1-3H3,(H,31,32). The van der Waals surface area contributed by atoms with Gasteiger partial charge in [0, 0.05) is 44.0 Å². The molecule has 2 saturated heterocycles. The van der Waals surface area contributed by atoms with Crippen molar-refractivity contribution < 1.29 is 14.3 Å². The van der Waals surface area contributed by atoms with Crippen molar-refractivity contribution in [1.29, 1.82) is 0 Å². The molecule has 3 aromatic rings. The number of fused-ring (bicyclic) bond motifs is 1. The lowest BCUT2D eigenvalue weighted by molar-refractivity contribution is -0.137. The summed E-state index contributed by atoms with van der Waals surface area (Å²) in [6.07, 6.45) is 2.95. The molecule has 0 spiro atoms. The van der Waals surface area contributed by atoms with E-state index in [1.165, 1.54) is 0 Å². The first-order valence-corrected chi connectivity index (χ1v) is 13.9. The van der Waals surface area contributed by atoms with E-state index in [0.29, 0.717) is 37.6 Å². The second kappa shape index (κ2) is 10.8. The summed E-state index contributed by atoms with van der Waals surface area (Å²) in [4.78, 5) is 40.4. The molecule has 2 aliphatic rings. The number of hydrogen-bond donors (Lipinski definition) is 1. The highest BCUT2D eigenvalue weighted by Gasteiger charge is 2.37. The topological polar surface area (TPSA) is 81.8 Å². The summed E-state index contributed by atoms with van der Waals surface area (Å²) >= 11 is 6.59. The van der Waals surface area contributed by atoms with Crippen LogP contribution < -0.4 is 4.90 Å². The van der Waals surface area contributed by atoms with E-state index in [-0.39, 0.29) is 5.91 Å². The van der Waals surface area contributed by atoms with Gasteiger partial charge in [0.15, 0.2) is 0 Å². The number of rotatable bonds is 3. The van der Waals surface area contributed by atoms with Gasteiger partial charge < -0.3 is 19.5 Å². The zero-order chi connectivity index (χ0) is 26.9. The fourth-order valence-corrected chi connectivity index (χ4v) is 5.51. The van der Waals surface area contributed by atoms with Crippen molar-refractivity contribution in [1.82, 2.24) is 19.8 Å². The number of nitrogens with one attached hydrogen (secondary N) is 1. The van der Waals surface area contributed by atoms with Gasteiger partial charge in [0.2, 0.25) is 5.91 Å². The Morgan fingerprint density at radius 1 is 1.00 bits per heavy atom. The number of carbonyl (C=O) groups excluding carboxylic acids is 2. The fraction of sp³-hybridized carbons (Fsp3) is 0.483. The summed E-state index contributed by atoms with van der Waals surface area (Å²) < 4.78 is 5.61. The molecule has 2 aliphatic heterocycles. The van der Waals surface area contributed by atoms with Gasteiger partial charge in [0.1, 0.15) is 17.5 Å². The third kappa shape index (κ3) is 5.75. The number of halogens is 1. The second-order valence-corrected chi connectivity index (χ2v) is 11.5. The number of nitrogens with zero attached hydrogens (tertiary/aromatic N) is 4. The van der Waals surface area contributed by atoms with Gasteiger partial charge in [-0.15, -0.1) is 0 Å². The van der Waals surface area contributed by atoms with E-state index in [2.05, 4.69) is 16.0 Å². The van der Waals surface area contributed by atoms with E-state index >= 15 is 0 Å². The number of para-hydroxylation sites is 2. The maximum absolute atomic E-state index is 13.6. The number of benzene rings is 2. The molecule has 1 aromatic heterocycles. The van der Waals surface area contributed by atoms with Crippen molar-refractivity contribution in [2.45, 2.75) is 58.1 Å². The summed E-state index contributed by atoms with van der Waals surface area (Å²) in [5.41, 5.74) is 3.18. The first-order valence-electron chi connectivity index (χ1n) is 13.5. The van der Waals surface area contributed by atoms with Crippen molar-refractivity contribution in [2.75, 3.05) is 37.6 Å². The van der Waals surface area contributed by atoms with Gasteiger partial charge >= 0.3 is 6.09 Å². The minimum absolute atomic E-state index is 0.0245. The van der Waals surface area contributed by atoms with Crippen LogP contribution in [0.4, 0.5) is 10.5 Å². The van der Waals surface area contributed by atoms with Gasteiger partial charge in [-0.2, -0.15) is 0 Å². The molecule has 5 rings (SSSR count). The maximum Gasteiger partial charge on any atom is 0.410 e. The molecule has 1 atom stereocenters. The zero-order valence-corrected chi connectivity index (χ0v) is 23.1. The number of aromatic nitrogens is 2. The maximum atomic E-state index is 13.6. The van der Waals surface area contributed by atoms with Crippen molar-refractivity contribution in [3.8, 4) is 11.4 Å². The Bertz CT molecular complexity index is 1280. The van der Waals surface area contributed by atoms with Crippen molar-refractivity contribution >= 4 is 40.3 Å². The molecule has 2 aromatic carbocycles. The highest BCUT2D eigenvalue weighted by Crippen LogP contribution is 2.32. The van der Waals surface area contributed by atoms with Crippen LogP contribution >= 0.6 is 11.6 Å². The SMILES string of the molecule is CC(C)(C)OC(=O)N1CCCCC1C(=O)N1CCCN(c2ccc(Cl)c(-c3nc4ccccc4[nH]3)c2)CC1. The van der Waals surface area contributed by atoms with Crippen LogP contribution in [0.15, 0.2) is 42.5 Å². The Balaban J connectivity index is 1.29. The molecule has 2 fully saturated rings. The Morgan fingerprint density at radius 3 is 2.61 bits per heavy atom. The number of piperidine rings is 1. The van der Waals surface area contributed by atoms with Crippen LogP contribution in [0.3, 0.4) is 0 Å². The van der Waals surface area contributed by atoms with Crippen LogP contribution in [0.2, 0.25) is 5.02 Å². The summed E-state index contributed by atoms with van der Waals surface area (Å²) in [5.74, 6) is 0.765. The number of likely N-dealkylation sites (tertiary alicyclic amines) is 1. The Labute approximate surface area is 228 Å². The first kappa shape index (κ1) is 26.4. The van der Waals surface area contributed by atoms with Crippen molar-refractivity contribution in [3.05, 3.63) is 47.5 Å². The highest BCUT2D eigenvalue weighted by molar-refractivity contribution is 6.33. The number of amides is 2. The van der Waals surface area contributed by atoms with E-state index in [1.54, 1.807) is 4.90 Å². The molecular formula is C29H36ClN5O3. The molecular weight excluding hydrogens is 502 g/mol. The predicted molar refractivity (Wildman–Crippen MR) is 151 cm³/mol. The van der Waals surface area contributed by atoms with Crippen LogP contribution in [-0.4, -0.2) is 76.1 Å². The molecule has 1 N–H and O–H groups in total. The number of carbonyl (C=O) groups is 2. The monoisotopic (exact) mass is 537 g/mol. The van der Waals surface area contributed by atoms with Gasteiger partial charge in [-0.05, 0) is 76.8 Å². The predicted octanol–water partition coefficient (Wildman–Crippen LogP) is 5.71. The lowest BCUT2D eigenvalue weighted by Gasteiger charge is -2.38. The fourth-order valence-electron chi connectivity index (χ4n) is 5.31. The second-order valence-electron chi connectivity index (χ2n) is 11.1. The number of H-pyrrole nitrogens is 1. The molecule has 0 saturated carbocycles. The summed E-state index contributed by atoms with van der Waals surface area (Å²) in [6, 6.07) is 13.5. The van der Waals surface area contributed by atoms with Crippen LogP contribution in [0.25, 0.3) is 22.4 Å². The van der Waals surface area contributed by atoms with Crippen LogP contribution in [-0.2, 0) is 9.53 Å². The molecule has 0 aliphatic carbocycles. The molecule has 2 amide bonds. The molecule has 9 heteroatoms. The minimum atomic E-state index is -0.592. The number of ether oxygens (including phenoxy) is 1. The zero-order valence-electron chi connectivity index (χ0n) is 22.4. The summed E-state index contributed by atoms with van der Waals surface area (Å²) in [7, 11) is 0. The minimum Gasteiger partial charge on any atom is -0.444 e. The lowest BCUT2D eigenvalue weighted by Crippen LogP contribution is -2.54. The molecule has 1 unspecified atom stereocenters. The smallest absolute Gasteiger partial charge is 0.410 e. The average molecular weight is 538 g/mol. The number of imidazole rings is 1. The number of anilines is 1. The van der Waals surface area contributed by atoms with Gasteiger partial charge in [-0.1, -0.05) is 23.7 Å². The normalized spacial score (nSPS) is 18.9. The van der Waals surface area contributed by atoms with Crippen LogP contribution in [0, 0.1) is 0 Å². The van der Waals surface area contributed by atoms with E-state index in [4.69, 9.17) is 21.3 Å². The van der Waals surface area contributed by atoms with Gasteiger partial charge in [-0.3, -0.25) is 9.69 Å². The molecule has 38 heavy (non-hydrogen) atoms. The Kier molecular flexibility index (Phi) is 7.52. The van der Waals surface area contributed by atoms with E-state index in [1.807, 2.05) is 62.1 Å². The molecule has 0 bridgehead atoms. The molecule has 8 nitrogen and oxygen atoms in total. The summed E-state index contributed by atoms with van der Waals surface area (Å²) in [5, 5.41) is 0.638. The number of aromatic amines is 1. The average Bonchev–Trinajstić information content (AvgIpc) is 3.17. The van der Waals surface area contributed by atoms with E-state index < -0.39 is 17.7 Å². The van der Waals surface area contributed by atoms with Crippen LogP contribution in [0.1, 0.15) is 46.5 Å². The lowest BCUT2D eigenvalue weighted by atomic mass is 10.0. The third-order valence-corrected chi connectivity index (χ3v) is 7.51. The quantitative estimate of drug-likeness (QED) is 0.462. The molecule has 0 radical (unpaired) electrons. The Morgan fingerprint density at radius 2 is 1.82 bits per heavy atom. The third-order valence-electron chi connectivity index (χ3n) is 7.18. The highest BCUT2D eigenvalue weighted by atomic mass is 35.5. The van der Waals surface area contributed by atoms with Gasteiger partial charge in [0.05, 0.1) is 16.1 Å². The molecule has 202 valence electrons. The molecule has 3 heterocycles. The largest absolute Gasteiger partial charge is 0.444 e. The first-order chi connectivity index (χ1) is 18.2. The Hall–Kier alpha value is -3.26. The van der Waals surface area contributed by atoms with Crippen LogP contribution in [0.5, 0.6) is 0 Å². The summed E-state index contributed by atoms with van der Waals surface area (Å²) in [6.45, 7) is 8.90. The van der Waals surface area contributed by atoms with Gasteiger partial charge in [0.25, 0.3) is 0 Å². The van der Waals surface area contributed by atoms with Gasteiger partial charge in [-0.25, -0.2) is 9.78 Å². The van der Waals surface area contributed by atoms with Crippen molar-refractivity contribution in [3.63, 3.8) is 0 Å². The van der Waals surface area contributed by atoms with Crippen molar-refractivity contribution in [2.24, 2.45) is 0 Å².